The van der Waals surface area contributed by atoms with Crippen molar-refractivity contribution in [3.8, 4) is 0 Å². The number of fused-ring (bicyclic) bond motifs is 2. The normalized spacial score (nSPS) is 10.4. The molecule has 0 bridgehead atoms. The summed E-state index contributed by atoms with van der Waals surface area (Å²) >= 11 is 0. The Bertz CT molecular complexity index is 1450. The summed E-state index contributed by atoms with van der Waals surface area (Å²) in [4.78, 5) is 0. The molecule has 5 heteroatoms. The predicted octanol–water partition coefficient (Wildman–Crippen LogP) is 2.81. The second-order valence-corrected chi connectivity index (χ2v) is 14.4. The van der Waals surface area contributed by atoms with Crippen LogP contribution in [0, 0.1) is 0 Å². The number of halogens is 2. The van der Waals surface area contributed by atoms with Crippen LogP contribution in [0.4, 0.5) is 0 Å². The SMILES string of the molecule is CCCP(CCC)c1cc2ccccc2[cH-]1.[Cl-].[Cl-].[Zr+4].c1ccc(P(c2ccccc2)c2cc3ccccc3[cH-]2)cc1. The average molecular weight is 693 g/mol. The predicted molar refractivity (Wildman–Crippen MR) is 175 cm³/mol. The molecule has 0 aliphatic rings. The molecular formula is C36H36Cl2P2Zr. The van der Waals surface area contributed by atoms with Crippen LogP contribution in [-0.4, -0.2) is 12.3 Å². The van der Waals surface area contributed by atoms with E-state index in [4.69, 9.17) is 0 Å². The van der Waals surface area contributed by atoms with E-state index in [1.54, 1.807) is 5.30 Å². The molecule has 0 aliphatic heterocycles. The Labute approximate surface area is 280 Å². The fourth-order valence-electron chi connectivity index (χ4n) is 5.09. The van der Waals surface area contributed by atoms with Crippen LogP contribution in [0.5, 0.6) is 0 Å². The molecule has 0 saturated carbocycles. The van der Waals surface area contributed by atoms with E-state index in [1.807, 2.05) is 0 Å². The summed E-state index contributed by atoms with van der Waals surface area (Å²) in [5.74, 6) is 0. The molecule has 0 saturated heterocycles. The van der Waals surface area contributed by atoms with E-state index in [2.05, 4.69) is 147 Å². The summed E-state index contributed by atoms with van der Waals surface area (Å²) in [6.45, 7) is 4.60. The molecule has 0 unspecified atom stereocenters. The van der Waals surface area contributed by atoms with Gasteiger partial charge in [-0.15, -0.1) is 80.7 Å². The van der Waals surface area contributed by atoms with Crippen LogP contribution in [0.1, 0.15) is 26.7 Å². The zero-order valence-corrected chi connectivity index (χ0v) is 29.4. The maximum Gasteiger partial charge on any atom is 4.00 e. The van der Waals surface area contributed by atoms with Crippen LogP contribution in [0.3, 0.4) is 0 Å². The summed E-state index contributed by atoms with van der Waals surface area (Å²) in [6.07, 6.45) is 5.40. The van der Waals surface area contributed by atoms with E-state index in [1.165, 1.54) is 62.6 Å². The van der Waals surface area contributed by atoms with Crippen molar-refractivity contribution in [2.24, 2.45) is 0 Å². The smallest absolute Gasteiger partial charge is 1.00 e. The molecule has 0 atom stereocenters. The first kappa shape index (κ1) is 35.6. The van der Waals surface area contributed by atoms with Crippen LogP contribution < -0.4 is 46.0 Å². The van der Waals surface area contributed by atoms with Crippen molar-refractivity contribution in [3.63, 3.8) is 0 Å². The Morgan fingerprint density at radius 1 is 0.512 bits per heavy atom. The zero-order chi connectivity index (χ0) is 26.2. The monoisotopic (exact) mass is 690 g/mol. The van der Waals surface area contributed by atoms with Gasteiger partial charge >= 0.3 is 26.2 Å². The Morgan fingerprint density at radius 2 is 0.902 bits per heavy atom. The van der Waals surface area contributed by atoms with Crippen molar-refractivity contribution in [2.45, 2.75) is 26.7 Å². The fraction of sp³-hybridized carbons (Fsp3) is 0.167. The van der Waals surface area contributed by atoms with Crippen LogP contribution in [-0.2, 0) is 26.2 Å². The molecular weight excluding hydrogens is 656 g/mol. The maximum absolute atomic E-state index is 2.41. The number of hydrogen-bond donors (Lipinski definition) is 0. The molecule has 0 fully saturated rings. The maximum atomic E-state index is 2.41. The van der Waals surface area contributed by atoms with Gasteiger partial charge in [-0.05, 0) is 30.9 Å². The molecule has 0 N–H and O–H groups in total. The van der Waals surface area contributed by atoms with Crippen LogP contribution in [0.15, 0.2) is 133 Å². The molecule has 0 spiro atoms. The fourth-order valence-corrected chi connectivity index (χ4v) is 9.93. The van der Waals surface area contributed by atoms with Gasteiger partial charge in [0, 0.05) is 0 Å². The third kappa shape index (κ3) is 9.20. The molecule has 0 heterocycles. The van der Waals surface area contributed by atoms with Gasteiger partial charge in [0.05, 0.1) is 0 Å². The van der Waals surface area contributed by atoms with Gasteiger partial charge in [0.15, 0.2) is 0 Å². The van der Waals surface area contributed by atoms with E-state index >= 15 is 0 Å². The van der Waals surface area contributed by atoms with Crippen LogP contribution in [0.2, 0.25) is 0 Å². The van der Waals surface area contributed by atoms with Gasteiger partial charge in [0.25, 0.3) is 0 Å². The first-order valence-corrected chi connectivity index (χ1v) is 16.8. The summed E-state index contributed by atoms with van der Waals surface area (Å²) in [5.41, 5.74) is 0. The van der Waals surface area contributed by atoms with Gasteiger partial charge < -0.3 is 24.8 Å². The van der Waals surface area contributed by atoms with Gasteiger partial charge in [-0.2, -0.15) is 12.1 Å². The molecule has 208 valence electrons. The average Bonchev–Trinajstić information content (AvgIpc) is 3.59. The number of benzene rings is 4. The first-order valence-electron chi connectivity index (χ1n) is 13.7. The largest absolute Gasteiger partial charge is 4.00 e. The zero-order valence-electron chi connectivity index (χ0n) is 23.7. The van der Waals surface area contributed by atoms with Gasteiger partial charge in [-0.25, -0.2) is 0 Å². The first-order chi connectivity index (χ1) is 18.8. The Hall–Kier alpha value is -1.58. The van der Waals surface area contributed by atoms with Gasteiger partial charge in [0.1, 0.15) is 0 Å². The molecule has 0 aliphatic carbocycles. The van der Waals surface area contributed by atoms with E-state index in [0.29, 0.717) is 0 Å². The van der Waals surface area contributed by atoms with E-state index in [9.17, 15) is 0 Å². The molecule has 0 amide bonds. The minimum Gasteiger partial charge on any atom is -1.00 e. The molecule has 0 nitrogen and oxygen atoms in total. The molecule has 0 aromatic heterocycles. The van der Waals surface area contributed by atoms with Crippen molar-refractivity contribution in [1.82, 2.24) is 0 Å². The second-order valence-electron chi connectivity index (χ2n) is 9.68. The minimum absolute atomic E-state index is 0. The number of hydrogen-bond acceptors (Lipinski definition) is 0. The Morgan fingerprint density at radius 3 is 1.34 bits per heavy atom. The van der Waals surface area contributed by atoms with E-state index < -0.39 is 7.92 Å². The molecule has 6 rings (SSSR count). The summed E-state index contributed by atoms with van der Waals surface area (Å²) in [5, 5.41) is 11.3. The van der Waals surface area contributed by atoms with Crippen molar-refractivity contribution in [3.05, 3.63) is 133 Å². The summed E-state index contributed by atoms with van der Waals surface area (Å²) < 4.78 is 0. The summed E-state index contributed by atoms with van der Waals surface area (Å²) in [6, 6.07) is 48.5. The Kier molecular flexibility index (Phi) is 15.8. The second kappa shape index (κ2) is 18.2. The summed E-state index contributed by atoms with van der Waals surface area (Å²) in [7, 11) is -0.396. The molecule has 6 aromatic rings. The number of rotatable bonds is 8. The van der Waals surface area contributed by atoms with Crippen LogP contribution in [0.25, 0.3) is 21.5 Å². The third-order valence-electron chi connectivity index (χ3n) is 6.84. The minimum atomic E-state index is -0.493. The van der Waals surface area contributed by atoms with Crippen LogP contribution >= 0.6 is 15.8 Å². The molecule has 41 heavy (non-hydrogen) atoms. The van der Waals surface area contributed by atoms with Gasteiger partial charge in [-0.3, -0.25) is 0 Å². The van der Waals surface area contributed by atoms with Gasteiger partial charge in [-0.1, -0.05) is 107 Å². The van der Waals surface area contributed by atoms with Crippen molar-refractivity contribution in [2.75, 3.05) is 12.3 Å². The Balaban J connectivity index is 0.000000279. The van der Waals surface area contributed by atoms with E-state index in [0.717, 1.165) is 0 Å². The van der Waals surface area contributed by atoms with Gasteiger partial charge in [0.2, 0.25) is 0 Å². The van der Waals surface area contributed by atoms with Crippen molar-refractivity contribution >= 4 is 58.6 Å². The van der Waals surface area contributed by atoms with E-state index in [-0.39, 0.29) is 58.9 Å². The topological polar surface area (TPSA) is 0 Å². The third-order valence-corrected chi connectivity index (χ3v) is 12.2. The standard InChI is InChI=1S/C21H16P.C15H20P.2ClH.Zr/c1-3-11-19(12-4-1)22(20-13-5-2-6-14-20)21-15-17-9-7-8-10-18(17)16-21;1-3-9-16(10-4-2)15-11-13-7-5-6-8-14(13)12-15;;;/h1-16H;5-8,11-12H,3-4,9-10H2,1-2H3;2*1H;/q2*-1;;;+4/p-2. The van der Waals surface area contributed by atoms with Crippen molar-refractivity contribution < 1.29 is 51.0 Å². The van der Waals surface area contributed by atoms with Crippen molar-refractivity contribution in [1.29, 1.82) is 0 Å². The molecule has 0 radical (unpaired) electrons. The quantitative estimate of drug-likeness (QED) is 0.170. The molecule has 6 aromatic carbocycles.